The van der Waals surface area contributed by atoms with Crippen molar-refractivity contribution in [2.45, 2.75) is 24.9 Å². The van der Waals surface area contributed by atoms with Crippen LogP contribution >= 0.6 is 0 Å². The Hall–Kier alpha value is -2.59. The van der Waals surface area contributed by atoms with Gasteiger partial charge in [-0.3, -0.25) is 4.90 Å². The van der Waals surface area contributed by atoms with E-state index in [2.05, 4.69) is 15.5 Å². The van der Waals surface area contributed by atoms with Gasteiger partial charge in [0.25, 0.3) is 0 Å². The maximum absolute atomic E-state index is 12.7. The number of aliphatic hydroxyl groups excluding tert-OH is 1. The summed E-state index contributed by atoms with van der Waals surface area (Å²) in [5, 5.41) is 11.7. The Bertz CT molecular complexity index is 1340. The summed E-state index contributed by atoms with van der Waals surface area (Å²) in [6.45, 7) is 3.85. The lowest BCUT2D eigenvalue weighted by molar-refractivity contribution is 0.0242. The zero-order valence-corrected chi connectivity index (χ0v) is 21.5. The van der Waals surface area contributed by atoms with E-state index in [0.29, 0.717) is 26.2 Å². The van der Waals surface area contributed by atoms with Crippen LogP contribution < -0.4 is 9.47 Å². The van der Waals surface area contributed by atoms with Crippen LogP contribution in [0.15, 0.2) is 42.5 Å². The minimum atomic E-state index is -3.27. The Morgan fingerprint density at radius 2 is 1.69 bits per heavy atom. The molecule has 1 atom stereocenters. The number of methoxy groups -OCH3 is 2. The van der Waals surface area contributed by atoms with E-state index in [9.17, 15) is 13.5 Å². The monoisotopic (exact) mass is 499 g/mol. The van der Waals surface area contributed by atoms with E-state index in [1.54, 1.807) is 25.4 Å². The lowest BCUT2D eigenvalue weighted by Gasteiger charge is -2.55. The molecule has 0 radical (unpaired) electrons. The maximum atomic E-state index is 12.7. The van der Waals surface area contributed by atoms with Gasteiger partial charge in [0.1, 0.15) is 11.5 Å². The van der Waals surface area contributed by atoms with Crippen molar-refractivity contribution in [1.29, 1.82) is 0 Å². The Kier molecular flexibility index (Phi) is 6.07. The summed E-state index contributed by atoms with van der Waals surface area (Å²) in [7, 11) is 2.04. The maximum Gasteiger partial charge on any atom is 0.213 e. The number of hydrogen-bond acceptors (Lipinski definition) is 6. The van der Waals surface area contributed by atoms with Gasteiger partial charge < -0.3 is 19.1 Å². The lowest BCUT2D eigenvalue weighted by atomic mass is 9.70. The molecule has 1 saturated heterocycles. The third-order valence-electron chi connectivity index (χ3n) is 7.68. The Morgan fingerprint density at radius 1 is 1.03 bits per heavy atom. The van der Waals surface area contributed by atoms with Crippen molar-refractivity contribution in [1.82, 2.24) is 13.8 Å². The second-order valence-corrected chi connectivity index (χ2v) is 11.9. The predicted molar refractivity (Wildman–Crippen MR) is 135 cm³/mol. The smallest absolute Gasteiger partial charge is 0.213 e. The van der Waals surface area contributed by atoms with Gasteiger partial charge in [0.05, 0.1) is 38.1 Å². The first kappa shape index (κ1) is 24.1. The highest BCUT2D eigenvalue weighted by Gasteiger charge is 2.55. The van der Waals surface area contributed by atoms with E-state index >= 15 is 0 Å². The van der Waals surface area contributed by atoms with Crippen molar-refractivity contribution in [2.75, 3.05) is 46.2 Å². The number of benzene rings is 2. The van der Waals surface area contributed by atoms with Gasteiger partial charge in [-0.05, 0) is 42.3 Å². The van der Waals surface area contributed by atoms with Crippen molar-refractivity contribution in [3.05, 3.63) is 59.3 Å². The fourth-order valence-electron chi connectivity index (χ4n) is 5.86. The molecule has 35 heavy (non-hydrogen) atoms. The summed E-state index contributed by atoms with van der Waals surface area (Å²) >= 11 is 0. The molecule has 5 rings (SSSR count). The minimum absolute atomic E-state index is 0.0303. The number of aryl methyl sites for hydroxylation is 1. The van der Waals surface area contributed by atoms with Gasteiger partial charge >= 0.3 is 0 Å². The Morgan fingerprint density at radius 3 is 2.29 bits per heavy atom. The molecule has 0 unspecified atom stereocenters. The molecule has 2 aliphatic rings. The van der Waals surface area contributed by atoms with Crippen LogP contribution in [0, 0.1) is 0 Å². The second-order valence-electron chi connectivity index (χ2n) is 9.60. The van der Waals surface area contributed by atoms with Crippen LogP contribution in [0.5, 0.6) is 11.5 Å². The van der Waals surface area contributed by atoms with Gasteiger partial charge in [0, 0.05) is 55.8 Å². The van der Waals surface area contributed by atoms with Crippen molar-refractivity contribution < 1.29 is 23.0 Å². The number of rotatable bonds is 7. The van der Waals surface area contributed by atoms with Gasteiger partial charge in [-0.1, -0.05) is 12.1 Å². The number of aliphatic hydroxyl groups is 1. The largest absolute Gasteiger partial charge is 0.497 e. The van der Waals surface area contributed by atoms with Gasteiger partial charge in [0.15, 0.2) is 0 Å². The van der Waals surface area contributed by atoms with Crippen LogP contribution in [0.25, 0.3) is 10.9 Å². The molecule has 2 aromatic carbocycles. The molecule has 188 valence electrons. The first-order valence-electron chi connectivity index (χ1n) is 11.9. The number of aromatic nitrogens is 1. The van der Waals surface area contributed by atoms with E-state index in [1.165, 1.54) is 0 Å². The van der Waals surface area contributed by atoms with Gasteiger partial charge in [-0.15, -0.1) is 0 Å². The first-order chi connectivity index (χ1) is 16.8. The third-order valence-corrected chi connectivity index (χ3v) is 9.45. The summed E-state index contributed by atoms with van der Waals surface area (Å²) in [6, 6.07) is 13.8. The molecule has 3 aromatic rings. The zero-order chi connectivity index (χ0) is 25.0. The molecule has 2 aliphatic heterocycles. The van der Waals surface area contributed by atoms with E-state index < -0.39 is 10.0 Å². The van der Waals surface area contributed by atoms with Crippen LogP contribution in [-0.2, 0) is 29.0 Å². The van der Waals surface area contributed by atoms with Gasteiger partial charge in [0.2, 0.25) is 10.0 Å². The topological polar surface area (TPSA) is 84.2 Å². The molecule has 9 heteroatoms. The highest BCUT2D eigenvalue weighted by Crippen LogP contribution is 2.50. The average molecular weight is 500 g/mol. The van der Waals surface area contributed by atoms with Crippen LogP contribution in [0.3, 0.4) is 0 Å². The minimum Gasteiger partial charge on any atom is -0.497 e. The molecule has 0 aliphatic carbocycles. The molecular weight excluding hydrogens is 466 g/mol. The number of sulfonamides is 1. The van der Waals surface area contributed by atoms with Gasteiger partial charge in [-0.2, -0.15) is 4.31 Å². The molecular formula is C26H33N3O5S. The van der Waals surface area contributed by atoms with Crippen LogP contribution in [0.2, 0.25) is 0 Å². The zero-order valence-electron chi connectivity index (χ0n) is 20.7. The SMILES string of the molecule is CCS(=O)(=O)N1CC2(CN(Cc3ccc(OC)cc3)[C@H](CO)c3c2c2ccc(OC)cc2n3C)C1. The molecule has 8 nitrogen and oxygen atoms in total. The fourth-order valence-corrected chi connectivity index (χ4v) is 7.11. The Labute approximate surface area is 206 Å². The predicted octanol–water partition coefficient (Wildman–Crippen LogP) is 2.65. The Balaban J connectivity index is 1.62. The number of hydrogen-bond donors (Lipinski definition) is 1. The summed E-state index contributed by atoms with van der Waals surface area (Å²) < 4.78 is 39.9. The van der Waals surface area contributed by atoms with E-state index in [-0.39, 0.29) is 23.8 Å². The van der Waals surface area contributed by atoms with Gasteiger partial charge in [-0.25, -0.2) is 8.42 Å². The summed E-state index contributed by atoms with van der Waals surface area (Å²) in [4.78, 5) is 2.29. The molecule has 0 bridgehead atoms. The fraction of sp³-hybridized carbons (Fsp3) is 0.462. The molecule has 1 aromatic heterocycles. The molecule has 1 spiro atoms. The number of ether oxygens (including phenoxy) is 2. The molecule has 3 heterocycles. The van der Waals surface area contributed by atoms with Crippen molar-refractivity contribution >= 4 is 20.9 Å². The number of fused-ring (bicyclic) bond motifs is 4. The lowest BCUT2D eigenvalue weighted by Crippen LogP contribution is -2.67. The summed E-state index contributed by atoms with van der Waals surface area (Å²) in [6.07, 6.45) is 0. The molecule has 1 N–H and O–H groups in total. The summed E-state index contributed by atoms with van der Waals surface area (Å²) in [5.41, 5.74) is 3.99. The van der Waals surface area contributed by atoms with Crippen molar-refractivity contribution in [3.8, 4) is 11.5 Å². The average Bonchev–Trinajstić information content (AvgIpc) is 3.14. The summed E-state index contributed by atoms with van der Waals surface area (Å²) in [5.74, 6) is 1.66. The normalized spacial score (nSPS) is 20.1. The van der Waals surface area contributed by atoms with E-state index in [1.807, 2.05) is 43.4 Å². The molecule has 0 amide bonds. The second kappa shape index (κ2) is 8.81. The molecule has 1 fully saturated rings. The molecule has 0 saturated carbocycles. The third kappa shape index (κ3) is 3.81. The van der Waals surface area contributed by atoms with Crippen molar-refractivity contribution in [3.63, 3.8) is 0 Å². The van der Waals surface area contributed by atoms with Crippen LogP contribution in [0.4, 0.5) is 0 Å². The van der Waals surface area contributed by atoms with E-state index in [0.717, 1.165) is 39.2 Å². The quantitative estimate of drug-likeness (QED) is 0.538. The highest BCUT2D eigenvalue weighted by atomic mass is 32.2. The first-order valence-corrected chi connectivity index (χ1v) is 13.5. The van der Waals surface area contributed by atoms with Crippen molar-refractivity contribution in [2.24, 2.45) is 7.05 Å². The highest BCUT2D eigenvalue weighted by molar-refractivity contribution is 7.89. The number of nitrogens with zero attached hydrogens (tertiary/aromatic N) is 3. The van der Waals surface area contributed by atoms with Crippen LogP contribution in [0.1, 0.15) is 29.8 Å². The van der Waals surface area contributed by atoms with Crippen LogP contribution in [-0.4, -0.2) is 73.5 Å². The standard InChI is InChI=1S/C26H33N3O5S/c1-5-35(31,32)29-16-26(17-29)15-28(13-18-6-8-19(33-3)9-7-18)23(14-30)25-24(26)21-11-10-20(34-4)12-22(21)27(25)2/h6-12,23,30H,5,13-17H2,1-4H3/t23-/m1/s1. The van der Waals surface area contributed by atoms with E-state index in [4.69, 9.17) is 9.47 Å².